The molecule has 6 heteroatoms. The van der Waals surface area contributed by atoms with Crippen LogP contribution in [0.2, 0.25) is 0 Å². The maximum absolute atomic E-state index is 11.6. The van der Waals surface area contributed by atoms with Gasteiger partial charge in [0.1, 0.15) is 0 Å². The van der Waals surface area contributed by atoms with Crippen molar-refractivity contribution in [3.05, 3.63) is 164 Å². The van der Waals surface area contributed by atoms with Crippen molar-refractivity contribution in [1.82, 2.24) is 0 Å². The van der Waals surface area contributed by atoms with Gasteiger partial charge in [0.2, 0.25) is 0 Å². The van der Waals surface area contributed by atoms with Crippen molar-refractivity contribution in [2.45, 2.75) is 4.90 Å². The van der Waals surface area contributed by atoms with Crippen LogP contribution >= 0.6 is 12.0 Å². The van der Waals surface area contributed by atoms with E-state index >= 15 is 0 Å². The molecule has 0 atom stereocenters. The number of rotatable bonds is 10. The molecule has 0 aliphatic carbocycles. The van der Waals surface area contributed by atoms with Crippen LogP contribution < -0.4 is 10.9 Å². The van der Waals surface area contributed by atoms with E-state index in [0.29, 0.717) is 5.46 Å². The third-order valence-electron chi connectivity index (χ3n) is 7.06. The summed E-state index contributed by atoms with van der Waals surface area (Å²) in [6.07, 6.45) is 0. The lowest BCUT2D eigenvalue weighted by Crippen LogP contribution is -2.46. The average molecular weight is 562 g/mol. The van der Waals surface area contributed by atoms with Gasteiger partial charge in [-0.05, 0) is 50.4 Å². The molecule has 0 amide bonds. The fourth-order valence-electron chi connectivity index (χ4n) is 5.01. The second-order valence-electron chi connectivity index (χ2n) is 9.77. The van der Waals surface area contributed by atoms with Crippen molar-refractivity contribution in [2.24, 2.45) is 0 Å². The Hall–Kier alpha value is -4.32. The summed E-state index contributed by atoms with van der Waals surface area (Å²) in [6.45, 7) is 0. The quantitative estimate of drug-likeness (QED) is 0.139. The van der Waals surface area contributed by atoms with Gasteiger partial charge in [-0.3, -0.25) is 0 Å². The molecule has 3 nitrogen and oxygen atoms in total. The lowest BCUT2D eigenvalue weighted by atomic mass is 9.67. The molecular formula is C36H28B2O3S. The Morgan fingerprint density at radius 3 is 1.40 bits per heavy atom. The molecule has 6 rings (SSSR count). The van der Waals surface area contributed by atoms with Crippen LogP contribution in [-0.2, 0) is 8.67 Å². The molecule has 0 fully saturated rings. The normalized spacial score (nSPS) is 10.8. The molecule has 42 heavy (non-hydrogen) atoms. The Morgan fingerprint density at radius 1 is 0.429 bits per heavy atom. The molecular weight excluding hydrogens is 534 g/mol. The van der Waals surface area contributed by atoms with E-state index in [9.17, 15) is 5.02 Å². The molecule has 0 saturated heterocycles. The summed E-state index contributed by atoms with van der Waals surface area (Å²) in [4.78, 5) is 0.952. The topological polar surface area (TPSA) is 38.7 Å². The first kappa shape index (κ1) is 27.8. The molecule has 6 aromatic carbocycles. The zero-order valence-electron chi connectivity index (χ0n) is 22.9. The van der Waals surface area contributed by atoms with E-state index in [1.807, 2.05) is 127 Å². The molecule has 202 valence electrons. The van der Waals surface area contributed by atoms with Crippen LogP contribution in [0, 0.1) is 0 Å². The molecule has 0 aromatic heterocycles. The lowest BCUT2D eigenvalue weighted by Gasteiger charge is -2.21. The molecule has 0 radical (unpaired) electrons. The minimum Gasteiger partial charge on any atom is -0.443 e. The Labute approximate surface area is 252 Å². The van der Waals surface area contributed by atoms with E-state index in [1.54, 1.807) is 0 Å². The number of benzene rings is 6. The van der Waals surface area contributed by atoms with E-state index in [-0.39, 0.29) is 0 Å². The maximum atomic E-state index is 11.6. The predicted octanol–water partition coefficient (Wildman–Crippen LogP) is 7.51. The van der Waals surface area contributed by atoms with Crippen molar-refractivity contribution in [2.75, 3.05) is 0 Å². The van der Waals surface area contributed by atoms with Crippen molar-refractivity contribution < 1.29 is 13.7 Å². The van der Waals surface area contributed by atoms with E-state index in [0.717, 1.165) is 43.7 Å². The maximum Gasteiger partial charge on any atom is 0.492 e. The number of hydrogen-bond donors (Lipinski definition) is 1. The van der Waals surface area contributed by atoms with Gasteiger partial charge in [0, 0.05) is 16.9 Å². The van der Waals surface area contributed by atoms with E-state index in [2.05, 4.69) is 36.4 Å². The highest BCUT2D eigenvalue weighted by atomic mass is 32.2. The summed E-state index contributed by atoms with van der Waals surface area (Å²) in [6, 6.07) is 54.3. The molecule has 0 aliphatic rings. The highest BCUT2D eigenvalue weighted by molar-refractivity contribution is 7.95. The van der Waals surface area contributed by atoms with Gasteiger partial charge in [0.05, 0.1) is 0 Å². The smallest absolute Gasteiger partial charge is 0.443 e. The van der Waals surface area contributed by atoms with Crippen LogP contribution in [0.1, 0.15) is 0 Å². The first-order chi connectivity index (χ1) is 20.8. The monoisotopic (exact) mass is 562 g/mol. The standard InChI is InChI=1S/C36H28B2O3S/c39-37(34-25-13-10-22-31(34)28-16-4-1-5-17-28)40-38(35-26-14-11-23-32(35)29-18-6-2-7-19-29)41-42-36-27-15-12-24-33(36)30-20-8-3-9-21-30/h1-27,39H. The van der Waals surface area contributed by atoms with Crippen molar-refractivity contribution in [1.29, 1.82) is 0 Å². The first-order valence-corrected chi connectivity index (χ1v) is 14.6. The van der Waals surface area contributed by atoms with Crippen molar-refractivity contribution in [3.63, 3.8) is 0 Å². The van der Waals surface area contributed by atoms with Gasteiger partial charge < -0.3 is 13.7 Å². The van der Waals surface area contributed by atoms with Crippen LogP contribution in [0.5, 0.6) is 0 Å². The molecule has 0 heterocycles. The van der Waals surface area contributed by atoms with Crippen LogP contribution in [0.25, 0.3) is 33.4 Å². The molecule has 0 spiro atoms. The molecule has 0 saturated carbocycles. The van der Waals surface area contributed by atoms with Crippen LogP contribution in [0.3, 0.4) is 0 Å². The highest BCUT2D eigenvalue weighted by Gasteiger charge is 2.33. The fourth-order valence-corrected chi connectivity index (χ4v) is 5.76. The largest absolute Gasteiger partial charge is 0.492 e. The third kappa shape index (κ3) is 6.43. The number of hydrogen-bond acceptors (Lipinski definition) is 4. The second-order valence-corrected chi connectivity index (χ2v) is 10.6. The zero-order valence-corrected chi connectivity index (χ0v) is 23.7. The Balaban J connectivity index is 1.36. The predicted molar refractivity (Wildman–Crippen MR) is 177 cm³/mol. The summed E-state index contributed by atoms with van der Waals surface area (Å²) in [7, 11) is -2.12. The molecule has 6 aromatic rings. The Bertz CT molecular complexity index is 1730. The summed E-state index contributed by atoms with van der Waals surface area (Å²) in [5.74, 6) is 0. The minimum atomic E-state index is -1.24. The first-order valence-electron chi connectivity index (χ1n) is 13.9. The van der Waals surface area contributed by atoms with E-state index in [1.165, 1.54) is 12.0 Å². The van der Waals surface area contributed by atoms with Gasteiger partial charge in [-0.25, -0.2) is 0 Å². The van der Waals surface area contributed by atoms with Crippen LogP contribution in [-0.4, -0.2) is 19.3 Å². The summed E-state index contributed by atoms with van der Waals surface area (Å²) < 4.78 is 12.9. The molecule has 1 N–H and O–H groups in total. The van der Waals surface area contributed by atoms with Crippen molar-refractivity contribution >= 4 is 37.2 Å². The highest BCUT2D eigenvalue weighted by Crippen LogP contribution is 2.33. The molecule has 0 aliphatic heterocycles. The van der Waals surface area contributed by atoms with Crippen LogP contribution in [0.15, 0.2) is 169 Å². The Kier molecular flexibility index (Phi) is 8.99. The molecule has 0 unspecified atom stereocenters. The SMILES string of the molecule is OB(OB(OSc1ccccc1-c1ccccc1)c1ccccc1-c1ccccc1)c1ccccc1-c1ccccc1. The molecule has 0 bridgehead atoms. The van der Waals surface area contributed by atoms with Gasteiger partial charge in [-0.15, -0.1) is 0 Å². The van der Waals surface area contributed by atoms with Gasteiger partial charge in [-0.1, -0.05) is 158 Å². The van der Waals surface area contributed by atoms with Gasteiger partial charge in [0.25, 0.3) is 0 Å². The Morgan fingerprint density at radius 2 is 0.833 bits per heavy atom. The van der Waals surface area contributed by atoms with E-state index in [4.69, 9.17) is 8.67 Å². The van der Waals surface area contributed by atoms with Crippen LogP contribution in [0.4, 0.5) is 0 Å². The third-order valence-corrected chi connectivity index (χ3v) is 7.87. The second kappa shape index (κ2) is 13.6. The van der Waals surface area contributed by atoms with E-state index < -0.39 is 14.2 Å². The fraction of sp³-hybridized carbons (Fsp3) is 0. The summed E-state index contributed by atoms with van der Waals surface area (Å²) in [5, 5.41) is 11.6. The zero-order chi connectivity index (χ0) is 28.6. The van der Waals surface area contributed by atoms with Gasteiger partial charge in [0.15, 0.2) is 0 Å². The minimum absolute atomic E-state index is 0.671. The lowest BCUT2D eigenvalue weighted by molar-refractivity contribution is 0.400. The van der Waals surface area contributed by atoms with Crippen molar-refractivity contribution in [3.8, 4) is 33.4 Å². The summed E-state index contributed by atoms with van der Waals surface area (Å²) in [5.41, 5.74) is 7.58. The summed E-state index contributed by atoms with van der Waals surface area (Å²) >= 11 is 1.25. The average Bonchev–Trinajstić information content (AvgIpc) is 3.08. The van der Waals surface area contributed by atoms with Gasteiger partial charge >= 0.3 is 14.2 Å². The van der Waals surface area contributed by atoms with Gasteiger partial charge in [-0.2, -0.15) is 0 Å².